The van der Waals surface area contributed by atoms with Crippen molar-refractivity contribution in [2.24, 2.45) is 0 Å². The van der Waals surface area contributed by atoms with E-state index >= 15 is 0 Å². The van der Waals surface area contributed by atoms with Crippen molar-refractivity contribution < 1.29 is 18.7 Å². The first-order chi connectivity index (χ1) is 13.6. The molecule has 0 radical (unpaired) electrons. The molecule has 0 unspecified atom stereocenters. The zero-order valence-electron chi connectivity index (χ0n) is 15.4. The van der Waals surface area contributed by atoms with Crippen LogP contribution in [0.3, 0.4) is 0 Å². The number of hydrogen-bond donors (Lipinski definition) is 0. The number of hydrogen-bond acceptors (Lipinski definition) is 5. The Labute approximate surface area is 166 Å². The molecule has 1 atom stereocenters. The van der Waals surface area contributed by atoms with Gasteiger partial charge in [0, 0.05) is 22.6 Å². The molecule has 0 saturated carbocycles. The molecule has 5 nitrogen and oxygen atoms in total. The van der Waals surface area contributed by atoms with Crippen LogP contribution < -0.4 is 10.4 Å². The number of esters is 1. The van der Waals surface area contributed by atoms with Crippen LogP contribution in [0.25, 0.3) is 11.0 Å². The minimum absolute atomic E-state index is 0.234. The molecule has 0 aliphatic heterocycles. The third kappa shape index (κ3) is 3.38. The lowest BCUT2D eigenvalue weighted by Crippen LogP contribution is -2.21. The summed E-state index contributed by atoms with van der Waals surface area (Å²) < 4.78 is 16.6. The fourth-order valence-electron chi connectivity index (χ4n) is 3.60. The summed E-state index contributed by atoms with van der Waals surface area (Å²) >= 11 is 6.46. The smallest absolute Gasteiger partial charge is 0.352 e. The number of aryl methyl sites for hydroxylation is 1. The van der Waals surface area contributed by atoms with Gasteiger partial charge < -0.3 is 13.9 Å². The van der Waals surface area contributed by atoms with Gasteiger partial charge in [-0.2, -0.15) is 0 Å². The van der Waals surface area contributed by atoms with Gasteiger partial charge in [0.25, 0.3) is 0 Å². The van der Waals surface area contributed by atoms with Crippen molar-refractivity contribution >= 4 is 28.5 Å². The normalized spacial score (nSPS) is 13.9. The Morgan fingerprint density at radius 2 is 1.93 bits per heavy atom. The molecule has 0 fully saturated rings. The second-order valence-corrected chi connectivity index (χ2v) is 7.05. The predicted octanol–water partition coefficient (Wildman–Crippen LogP) is 4.62. The molecule has 0 amide bonds. The summed E-state index contributed by atoms with van der Waals surface area (Å²) in [5, 5.41) is 1.16. The van der Waals surface area contributed by atoms with Crippen LogP contribution in [-0.2, 0) is 22.4 Å². The van der Waals surface area contributed by atoms with Gasteiger partial charge in [-0.05, 0) is 37.8 Å². The number of halogens is 1. The SMILES string of the molecule is CCOC(=O)[C@@H](Oc1cc2oc(=O)c3c(c2cc1Cl)CCC3)c1ccccc1. The van der Waals surface area contributed by atoms with E-state index in [1.54, 1.807) is 31.2 Å². The third-order valence-electron chi connectivity index (χ3n) is 4.87. The molecule has 1 heterocycles. The van der Waals surface area contributed by atoms with Crippen molar-refractivity contribution in [1.29, 1.82) is 0 Å². The molecule has 6 heteroatoms. The second kappa shape index (κ2) is 7.68. The van der Waals surface area contributed by atoms with Crippen LogP contribution in [-0.4, -0.2) is 12.6 Å². The summed E-state index contributed by atoms with van der Waals surface area (Å²) in [6.07, 6.45) is 1.50. The van der Waals surface area contributed by atoms with Crippen LogP contribution in [0.1, 0.15) is 36.1 Å². The van der Waals surface area contributed by atoms with Crippen molar-refractivity contribution in [2.75, 3.05) is 6.61 Å². The van der Waals surface area contributed by atoms with Crippen LogP contribution in [0.15, 0.2) is 51.7 Å². The quantitative estimate of drug-likeness (QED) is 0.463. The van der Waals surface area contributed by atoms with Gasteiger partial charge in [0.1, 0.15) is 11.3 Å². The highest BCUT2D eigenvalue weighted by Gasteiger charge is 2.26. The molecule has 1 aliphatic carbocycles. The Balaban J connectivity index is 1.77. The van der Waals surface area contributed by atoms with Crippen molar-refractivity contribution in [1.82, 2.24) is 0 Å². The number of rotatable bonds is 5. The van der Waals surface area contributed by atoms with Gasteiger partial charge in [-0.25, -0.2) is 9.59 Å². The van der Waals surface area contributed by atoms with Gasteiger partial charge in [-0.1, -0.05) is 41.9 Å². The van der Waals surface area contributed by atoms with Gasteiger partial charge in [-0.15, -0.1) is 0 Å². The van der Waals surface area contributed by atoms with Gasteiger partial charge in [0.05, 0.1) is 11.6 Å². The molecule has 1 aliphatic rings. The van der Waals surface area contributed by atoms with E-state index in [1.807, 2.05) is 18.2 Å². The number of ether oxygens (including phenoxy) is 2. The molecule has 0 saturated heterocycles. The Kier molecular flexibility index (Phi) is 5.09. The van der Waals surface area contributed by atoms with Crippen molar-refractivity contribution in [3.05, 3.63) is 74.6 Å². The molecule has 0 N–H and O–H groups in total. The molecule has 28 heavy (non-hydrogen) atoms. The van der Waals surface area contributed by atoms with E-state index in [1.165, 1.54) is 0 Å². The fraction of sp³-hybridized carbons (Fsp3) is 0.273. The molecule has 4 rings (SSSR count). The average molecular weight is 399 g/mol. The maximum Gasteiger partial charge on any atom is 0.352 e. The molecule has 144 valence electrons. The van der Waals surface area contributed by atoms with Crippen molar-refractivity contribution in [3.8, 4) is 5.75 Å². The lowest BCUT2D eigenvalue weighted by Gasteiger charge is -2.19. The third-order valence-corrected chi connectivity index (χ3v) is 5.17. The number of carbonyl (C=O) groups excluding carboxylic acids is 1. The van der Waals surface area contributed by atoms with E-state index in [0.717, 1.165) is 35.8 Å². The first-order valence-electron chi connectivity index (χ1n) is 9.25. The summed E-state index contributed by atoms with van der Waals surface area (Å²) in [6, 6.07) is 12.4. The van der Waals surface area contributed by atoms with Gasteiger partial charge in [0.2, 0.25) is 6.10 Å². The summed E-state index contributed by atoms with van der Waals surface area (Å²) in [5.41, 5.74) is 2.45. The van der Waals surface area contributed by atoms with Crippen molar-refractivity contribution in [2.45, 2.75) is 32.3 Å². The summed E-state index contributed by atoms with van der Waals surface area (Å²) in [4.78, 5) is 24.7. The molecule has 0 bridgehead atoms. The van der Waals surface area contributed by atoms with Crippen LogP contribution in [0, 0.1) is 0 Å². The second-order valence-electron chi connectivity index (χ2n) is 6.64. The minimum atomic E-state index is -0.975. The topological polar surface area (TPSA) is 65.7 Å². The standard InChI is InChI=1S/C22H19ClO5/c1-2-26-22(25)20(13-7-4-3-5-8-13)27-19-12-18-16(11-17(19)23)14-9-6-10-15(14)21(24)28-18/h3-5,7-8,11-12,20H,2,6,9-10H2,1H3/t20-/m0/s1. The molecule has 1 aromatic heterocycles. The Hall–Kier alpha value is -2.79. The first-order valence-corrected chi connectivity index (χ1v) is 9.62. The summed E-state index contributed by atoms with van der Waals surface area (Å²) in [6.45, 7) is 1.97. The lowest BCUT2D eigenvalue weighted by atomic mass is 10.1. The summed E-state index contributed by atoms with van der Waals surface area (Å²) in [7, 11) is 0. The van der Waals surface area contributed by atoms with E-state index in [2.05, 4.69) is 0 Å². The van der Waals surface area contributed by atoms with E-state index in [4.69, 9.17) is 25.5 Å². The fourth-order valence-corrected chi connectivity index (χ4v) is 3.81. The summed E-state index contributed by atoms with van der Waals surface area (Å²) in [5.74, 6) is -0.252. The molecule has 0 spiro atoms. The van der Waals surface area contributed by atoms with E-state index in [-0.39, 0.29) is 18.0 Å². The highest BCUT2D eigenvalue weighted by Crippen LogP contribution is 2.36. The molecular weight excluding hydrogens is 380 g/mol. The average Bonchev–Trinajstić information content (AvgIpc) is 3.19. The maximum absolute atomic E-state index is 12.5. The largest absolute Gasteiger partial charge is 0.472 e. The molecule has 3 aromatic rings. The van der Waals surface area contributed by atoms with Crippen molar-refractivity contribution in [3.63, 3.8) is 0 Å². The Morgan fingerprint density at radius 3 is 2.68 bits per heavy atom. The Bertz CT molecular complexity index is 1090. The first kappa shape index (κ1) is 18.6. The predicted molar refractivity (Wildman–Crippen MR) is 106 cm³/mol. The van der Waals surface area contributed by atoms with Gasteiger partial charge in [-0.3, -0.25) is 0 Å². The van der Waals surface area contributed by atoms with Gasteiger partial charge in [0.15, 0.2) is 0 Å². The van der Waals surface area contributed by atoms with E-state index in [9.17, 15) is 9.59 Å². The van der Waals surface area contributed by atoms with E-state index < -0.39 is 12.1 Å². The van der Waals surface area contributed by atoms with Crippen LogP contribution in [0.4, 0.5) is 0 Å². The molecule has 2 aromatic carbocycles. The van der Waals surface area contributed by atoms with Crippen LogP contribution in [0.5, 0.6) is 5.75 Å². The van der Waals surface area contributed by atoms with E-state index in [0.29, 0.717) is 16.2 Å². The number of benzene rings is 2. The Morgan fingerprint density at radius 1 is 1.18 bits per heavy atom. The highest BCUT2D eigenvalue weighted by molar-refractivity contribution is 6.32. The monoisotopic (exact) mass is 398 g/mol. The lowest BCUT2D eigenvalue weighted by molar-refractivity contribution is -0.151. The highest BCUT2D eigenvalue weighted by atomic mass is 35.5. The van der Waals surface area contributed by atoms with Gasteiger partial charge >= 0.3 is 11.6 Å². The number of carbonyl (C=O) groups is 1. The van der Waals surface area contributed by atoms with Crippen LogP contribution >= 0.6 is 11.6 Å². The molecular formula is C22H19ClO5. The maximum atomic E-state index is 12.5. The number of fused-ring (bicyclic) bond motifs is 3. The van der Waals surface area contributed by atoms with Crippen LogP contribution in [0.2, 0.25) is 5.02 Å². The zero-order chi connectivity index (χ0) is 19.7. The zero-order valence-corrected chi connectivity index (χ0v) is 16.1. The minimum Gasteiger partial charge on any atom is -0.472 e.